The minimum absolute atomic E-state index is 0.593. The van der Waals surface area contributed by atoms with E-state index in [4.69, 9.17) is 23.8 Å². The normalized spacial score (nSPS) is 11.8. The zero-order valence-electron chi connectivity index (χ0n) is 27.6. The first kappa shape index (κ1) is 28.6. The zero-order valence-corrected chi connectivity index (χ0v) is 27.6. The average Bonchev–Trinajstić information content (AvgIpc) is 3.79. The molecule has 4 heterocycles. The van der Waals surface area contributed by atoms with Crippen molar-refractivity contribution in [1.82, 2.24) is 19.9 Å². The summed E-state index contributed by atoms with van der Waals surface area (Å²) in [4.78, 5) is 19.7. The van der Waals surface area contributed by atoms with Gasteiger partial charge in [0.05, 0.1) is 0 Å². The van der Waals surface area contributed by atoms with E-state index in [1.807, 2.05) is 66.7 Å². The highest BCUT2D eigenvalue weighted by atomic mass is 16.3. The van der Waals surface area contributed by atoms with Crippen LogP contribution in [0.25, 0.3) is 111 Å². The fourth-order valence-corrected chi connectivity index (χ4v) is 7.62. The fraction of sp³-hybridized carbons (Fsp3) is 0. The van der Waals surface area contributed by atoms with Crippen LogP contribution in [0.5, 0.6) is 0 Å². The SMILES string of the molecule is c1ccc(-c2nc(-c3ccc4c(-c5cccc6ccc7c8cccnc8oc7c56)cccc4c3)nc(-c3cccc4oc5ccccc5c34)n2)cc1. The van der Waals surface area contributed by atoms with Crippen molar-refractivity contribution in [3.63, 3.8) is 0 Å². The second-order valence-electron chi connectivity index (χ2n) is 13.0. The van der Waals surface area contributed by atoms with Gasteiger partial charge in [-0.15, -0.1) is 0 Å². The molecule has 4 aromatic heterocycles. The van der Waals surface area contributed by atoms with Crippen molar-refractivity contribution in [2.45, 2.75) is 0 Å². The molecule has 0 saturated heterocycles. The van der Waals surface area contributed by atoms with Crippen molar-refractivity contribution >= 4 is 65.6 Å². The molecule has 0 saturated carbocycles. The number of rotatable bonds is 4. The Labute approximate surface area is 296 Å². The lowest BCUT2D eigenvalue weighted by molar-refractivity contribution is 0.657. The highest BCUT2D eigenvalue weighted by Gasteiger charge is 2.19. The summed E-state index contributed by atoms with van der Waals surface area (Å²) in [6, 6.07) is 51.8. The second kappa shape index (κ2) is 11.2. The van der Waals surface area contributed by atoms with Crippen LogP contribution in [0.4, 0.5) is 0 Å². The molecule has 0 aliphatic heterocycles. The molecule has 7 aromatic carbocycles. The molecule has 0 amide bonds. The van der Waals surface area contributed by atoms with Crippen LogP contribution >= 0.6 is 0 Å². The lowest BCUT2D eigenvalue weighted by Crippen LogP contribution is -2.00. The maximum absolute atomic E-state index is 6.42. The molecule has 6 heteroatoms. The number of nitrogens with zero attached hydrogens (tertiary/aromatic N) is 4. The number of furan rings is 2. The predicted molar refractivity (Wildman–Crippen MR) is 209 cm³/mol. The van der Waals surface area contributed by atoms with Crippen LogP contribution in [0.3, 0.4) is 0 Å². The Balaban J connectivity index is 1.11. The van der Waals surface area contributed by atoms with E-state index in [0.29, 0.717) is 23.2 Å². The van der Waals surface area contributed by atoms with Gasteiger partial charge in [0, 0.05) is 49.8 Å². The summed E-state index contributed by atoms with van der Waals surface area (Å²) in [7, 11) is 0. The molecule has 0 unspecified atom stereocenters. The summed E-state index contributed by atoms with van der Waals surface area (Å²) in [6.07, 6.45) is 1.77. The van der Waals surface area contributed by atoms with Crippen molar-refractivity contribution in [2.24, 2.45) is 0 Å². The molecular formula is C46H26N4O2. The Bertz CT molecular complexity index is 3200. The van der Waals surface area contributed by atoms with E-state index in [1.54, 1.807) is 6.20 Å². The van der Waals surface area contributed by atoms with Gasteiger partial charge in [-0.25, -0.2) is 19.9 Å². The Morgan fingerprint density at radius 2 is 1.10 bits per heavy atom. The largest absolute Gasteiger partial charge is 0.456 e. The van der Waals surface area contributed by atoms with Crippen molar-refractivity contribution in [2.75, 3.05) is 0 Å². The third kappa shape index (κ3) is 4.38. The van der Waals surface area contributed by atoms with E-state index in [1.165, 1.54) is 0 Å². The van der Waals surface area contributed by atoms with Gasteiger partial charge in [-0.2, -0.15) is 0 Å². The van der Waals surface area contributed by atoms with Gasteiger partial charge in [0.15, 0.2) is 17.5 Å². The van der Waals surface area contributed by atoms with Gasteiger partial charge in [-0.05, 0) is 63.7 Å². The summed E-state index contributed by atoms with van der Waals surface area (Å²) >= 11 is 0. The van der Waals surface area contributed by atoms with Crippen LogP contribution in [0.2, 0.25) is 0 Å². The van der Waals surface area contributed by atoms with Crippen molar-refractivity contribution < 1.29 is 8.83 Å². The number of para-hydroxylation sites is 1. The van der Waals surface area contributed by atoms with E-state index in [2.05, 4.69) is 89.9 Å². The van der Waals surface area contributed by atoms with Crippen molar-refractivity contribution in [3.8, 4) is 45.3 Å². The number of fused-ring (bicyclic) bond motifs is 9. The summed E-state index contributed by atoms with van der Waals surface area (Å²) in [6.45, 7) is 0. The van der Waals surface area contributed by atoms with Crippen LogP contribution in [0, 0.1) is 0 Å². The summed E-state index contributed by atoms with van der Waals surface area (Å²) < 4.78 is 12.6. The predicted octanol–water partition coefficient (Wildman–Crippen LogP) is 12.0. The van der Waals surface area contributed by atoms with Gasteiger partial charge in [-0.1, -0.05) is 115 Å². The summed E-state index contributed by atoms with van der Waals surface area (Å²) in [5.74, 6) is 1.80. The first-order valence-electron chi connectivity index (χ1n) is 17.2. The van der Waals surface area contributed by atoms with Gasteiger partial charge in [0.2, 0.25) is 5.71 Å². The highest BCUT2D eigenvalue weighted by molar-refractivity contribution is 6.20. The van der Waals surface area contributed by atoms with Crippen LogP contribution in [-0.4, -0.2) is 19.9 Å². The van der Waals surface area contributed by atoms with Crippen LogP contribution in [0.15, 0.2) is 167 Å². The molecule has 0 radical (unpaired) electrons. The first-order valence-corrected chi connectivity index (χ1v) is 17.2. The topological polar surface area (TPSA) is 77.8 Å². The Hall–Kier alpha value is -7.18. The monoisotopic (exact) mass is 666 g/mol. The standard InChI is InChI=1S/C46H26N4O2/c1-2-10-28(11-3-1)43-48-44(50-45(49-43)37-17-8-20-39-41(37)36-14-4-5-19-38(36)51-39)30-22-23-31-29(26-30)13-7-15-32(31)33-16-6-12-27-21-24-34-35-18-9-25-47-46(35)52-42(34)40(27)33/h1-26H. The van der Waals surface area contributed by atoms with Gasteiger partial charge >= 0.3 is 0 Å². The number of hydrogen-bond donors (Lipinski definition) is 0. The molecule has 0 fully saturated rings. The van der Waals surface area contributed by atoms with Crippen molar-refractivity contribution in [3.05, 3.63) is 158 Å². The van der Waals surface area contributed by atoms with Crippen LogP contribution in [0.1, 0.15) is 0 Å². The minimum Gasteiger partial charge on any atom is -0.456 e. The van der Waals surface area contributed by atoms with Gasteiger partial charge in [0.25, 0.3) is 0 Å². The van der Waals surface area contributed by atoms with Gasteiger partial charge in [-0.3, -0.25) is 0 Å². The number of aromatic nitrogens is 4. The first-order chi connectivity index (χ1) is 25.8. The molecule has 0 bridgehead atoms. The van der Waals surface area contributed by atoms with Gasteiger partial charge < -0.3 is 8.83 Å². The molecule has 52 heavy (non-hydrogen) atoms. The van der Waals surface area contributed by atoms with E-state index < -0.39 is 0 Å². The molecule has 11 aromatic rings. The van der Waals surface area contributed by atoms with Crippen LogP contribution in [-0.2, 0) is 0 Å². The summed E-state index contributed by atoms with van der Waals surface area (Å²) in [5.41, 5.74) is 8.07. The molecule has 242 valence electrons. The van der Waals surface area contributed by atoms with Crippen LogP contribution < -0.4 is 0 Å². The molecular weight excluding hydrogens is 641 g/mol. The van der Waals surface area contributed by atoms with E-state index in [-0.39, 0.29) is 0 Å². The van der Waals surface area contributed by atoms with E-state index >= 15 is 0 Å². The lowest BCUT2D eigenvalue weighted by atomic mass is 9.92. The molecule has 6 nitrogen and oxygen atoms in total. The third-order valence-electron chi connectivity index (χ3n) is 10.00. The molecule has 0 spiro atoms. The minimum atomic E-state index is 0.593. The second-order valence-corrected chi connectivity index (χ2v) is 13.0. The zero-order chi connectivity index (χ0) is 34.2. The maximum atomic E-state index is 6.42. The Kier molecular flexibility index (Phi) is 6.15. The smallest absolute Gasteiger partial charge is 0.227 e. The molecule has 0 aliphatic rings. The summed E-state index contributed by atoms with van der Waals surface area (Å²) in [5, 5.41) is 8.48. The van der Waals surface area contributed by atoms with Crippen molar-refractivity contribution in [1.29, 1.82) is 0 Å². The molecule has 0 aliphatic carbocycles. The number of pyridine rings is 1. The third-order valence-corrected chi connectivity index (χ3v) is 10.00. The van der Waals surface area contributed by atoms with E-state index in [9.17, 15) is 0 Å². The lowest BCUT2D eigenvalue weighted by Gasteiger charge is -2.13. The Morgan fingerprint density at radius 3 is 2.02 bits per heavy atom. The quantitative estimate of drug-likeness (QED) is 0.186. The number of benzene rings is 7. The molecule has 11 rings (SSSR count). The Morgan fingerprint density at radius 1 is 0.385 bits per heavy atom. The molecule has 0 N–H and O–H groups in total. The maximum Gasteiger partial charge on any atom is 0.227 e. The fourth-order valence-electron chi connectivity index (χ4n) is 7.62. The highest BCUT2D eigenvalue weighted by Crippen LogP contribution is 2.41. The van der Waals surface area contributed by atoms with E-state index in [0.717, 1.165) is 87.7 Å². The molecule has 0 atom stereocenters. The number of hydrogen-bond acceptors (Lipinski definition) is 6. The van der Waals surface area contributed by atoms with Gasteiger partial charge in [0.1, 0.15) is 16.7 Å². The average molecular weight is 667 g/mol.